The van der Waals surface area contributed by atoms with Crippen molar-refractivity contribution in [3.63, 3.8) is 0 Å². The summed E-state index contributed by atoms with van der Waals surface area (Å²) in [5.74, 6) is 3.44. The number of unbranched alkanes of at least 4 members (excludes halogenated alkanes) is 2. The number of hydrogen-bond donors (Lipinski definition) is 0. The summed E-state index contributed by atoms with van der Waals surface area (Å²) < 4.78 is 0. The van der Waals surface area contributed by atoms with E-state index in [1.165, 1.54) is 44.9 Å². The molecule has 0 spiro atoms. The van der Waals surface area contributed by atoms with Gasteiger partial charge in [-0.15, -0.1) is 13.2 Å². The van der Waals surface area contributed by atoms with E-state index < -0.39 is 0 Å². The van der Waals surface area contributed by atoms with Gasteiger partial charge in [0.15, 0.2) is 0 Å². The van der Waals surface area contributed by atoms with Gasteiger partial charge in [-0.1, -0.05) is 36.5 Å². The van der Waals surface area contributed by atoms with E-state index in [4.69, 9.17) is 0 Å². The maximum absolute atomic E-state index is 3.89. The van der Waals surface area contributed by atoms with Crippen LogP contribution in [0.15, 0.2) is 49.6 Å². The fourth-order valence-electron chi connectivity index (χ4n) is 5.12. The molecule has 20 heavy (non-hydrogen) atoms. The molecule has 108 valence electrons. The van der Waals surface area contributed by atoms with E-state index in [0.29, 0.717) is 5.41 Å². The summed E-state index contributed by atoms with van der Waals surface area (Å²) in [6, 6.07) is 0. The van der Waals surface area contributed by atoms with Crippen LogP contribution in [0.5, 0.6) is 0 Å². The quantitative estimate of drug-likeness (QED) is 0.391. The Balaban J connectivity index is 1.75. The highest BCUT2D eigenvalue weighted by Gasteiger charge is 2.54. The van der Waals surface area contributed by atoms with Gasteiger partial charge in [0.1, 0.15) is 0 Å². The Morgan fingerprint density at radius 1 is 0.950 bits per heavy atom. The highest BCUT2D eigenvalue weighted by Crippen LogP contribution is 2.62. The largest absolute Gasteiger partial charge is 0.103 e. The van der Waals surface area contributed by atoms with E-state index in [1.54, 1.807) is 0 Å². The van der Waals surface area contributed by atoms with Crippen molar-refractivity contribution < 1.29 is 0 Å². The average Bonchev–Trinajstić information content (AvgIpc) is 3.13. The van der Waals surface area contributed by atoms with Crippen molar-refractivity contribution >= 4 is 0 Å². The van der Waals surface area contributed by atoms with E-state index in [0.717, 1.165) is 23.7 Å². The summed E-state index contributed by atoms with van der Waals surface area (Å²) >= 11 is 0. The Morgan fingerprint density at radius 2 is 1.60 bits per heavy atom. The Labute approximate surface area is 124 Å². The first-order chi connectivity index (χ1) is 9.80. The van der Waals surface area contributed by atoms with Gasteiger partial charge in [-0.2, -0.15) is 0 Å². The van der Waals surface area contributed by atoms with Gasteiger partial charge >= 0.3 is 0 Å². The minimum Gasteiger partial charge on any atom is -0.103 e. The lowest BCUT2D eigenvalue weighted by Gasteiger charge is -2.39. The molecular weight excluding hydrogens is 240 g/mol. The molecule has 0 aromatic heterocycles. The zero-order valence-corrected chi connectivity index (χ0v) is 12.6. The minimum atomic E-state index is 0.473. The van der Waals surface area contributed by atoms with Crippen LogP contribution in [0.1, 0.15) is 44.9 Å². The van der Waals surface area contributed by atoms with Gasteiger partial charge in [-0.25, -0.2) is 0 Å². The molecule has 0 aliphatic heterocycles. The van der Waals surface area contributed by atoms with Crippen LogP contribution in [0.2, 0.25) is 0 Å². The number of hydrogen-bond acceptors (Lipinski definition) is 0. The SMILES string of the molecule is C=CCCCC1(CCCC=C)C=CC2C3C=CC(C3)C21. The molecule has 4 atom stereocenters. The smallest absolute Gasteiger partial charge is 0.00782 e. The first-order valence-electron chi connectivity index (χ1n) is 8.40. The van der Waals surface area contributed by atoms with Crippen molar-refractivity contribution in [2.45, 2.75) is 44.9 Å². The van der Waals surface area contributed by atoms with Crippen molar-refractivity contribution in [2.75, 3.05) is 0 Å². The third-order valence-electron chi connectivity index (χ3n) is 5.94. The monoisotopic (exact) mass is 268 g/mol. The molecule has 3 rings (SSSR count). The summed E-state index contributed by atoms with van der Waals surface area (Å²) in [5.41, 5.74) is 0.473. The van der Waals surface area contributed by atoms with Crippen LogP contribution in [-0.2, 0) is 0 Å². The van der Waals surface area contributed by atoms with Gasteiger partial charge < -0.3 is 0 Å². The third-order valence-corrected chi connectivity index (χ3v) is 5.94. The van der Waals surface area contributed by atoms with Crippen LogP contribution in [0.3, 0.4) is 0 Å². The van der Waals surface area contributed by atoms with Crippen molar-refractivity contribution in [1.29, 1.82) is 0 Å². The van der Waals surface area contributed by atoms with Crippen LogP contribution in [0, 0.1) is 29.1 Å². The second-order valence-electron chi connectivity index (χ2n) is 7.01. The molecule has 0 heterocycles. The number of fused-ring (bicyclic) bond motifs is 5. The fraction of sp³-hybridized carbons (Fsp3) is 0.600. The van der Waals surface area contributed by atoms with Crippen LogP contribution >= 0.6 is 0 Å². The summed E-state index contributed by atoms with van der Waals surface area (Å²) in [6.45, 7) is 7.77. The minimum absolute atomic E-state index is 0.473. The van der Waals surface area contributed by atoms with Gasteiger partial charge in [-0.05, 0) is 74.0 Å². The summed E-state index contributed by atoms with van der Waals surface area (Å²) in [5, 5.41) is 0. The van der Waals surface area contributed by atoms with Crippen LogP contribution in [0.4, 0.5) is 0 Å². The Bertz CT molecular complexity index is 411. The van der Waals surface area contributed by atoms with E-state index in [1.807, 2.05) is 0 Å². The number of rotatable bonds is 8. The maximum Gasteiger partial charge on any atom is -0.00782 e. The predicted molar refractivity (Wildman–Crippen MR) is 87.4 cm³/mol. The van der Waals surface area contributed by atoms with E-state index in [-0.39, 0.29) is 0 Å². The molecule has 2 bridgehead atoms. The second-order valence-corrected chi connectivity index (χ2v) is 7.01. The molecular formula is C20H28. The topological polar surface area (TPSA) is 0 Å². The van der Waals surface area contributed by atoms with Gasteiger partial charge in [0.05, 0.1) is 0 Å². The van der Waals surface area contributed by atoms with E-state index in [2.05, 4.69) is 49.6 Å². The first kappa shape index (κ1) is 13.9. The van der Waals surface area contributed by atoms with Crippen LogP contribution in [0.25, 0.3) is 0 Å². The molecule has 0 N–H and O–H groups in total. The van der Waals surface area contributed by atoms with Gasteiger partial charge in [-0.3, -0.25) is 0 Å². The Hall–Kier alpha value is -1.04. The summed E-state index contributed by atoms with van der Waals surface area (Å²) in [7, 11) is 0. The summed E-state index contributed by atoms with van der Waals surface area (Å²) in [6.07, 6.45) is 23.4. The molecule has 0 aromatic carbocycles. The predicted octanol–water partition coefficient (Wildman–Crippen LogP) is 5.69. The summed E-state index contributed by atoms with van der Waals surface area (Å²) in [4.78, 5) is 0. The van der Waals surface area contributed by atoms with Crippen molar-refractivity contribution in [3.8, 4) is 0 Å². The van der Waals surface area contributed by atoms with Crippen molar-refractivity contribution in [2.24, 2.45) is 29.1 Å². The Kier molecular flexibility index (Phi) is 4.01. The fourth-order valence-corrected chi connectivity index (χ4v) is 5.12. The second kappa shape index (κ2) is 5.76. The molecule has 0 saturated heterocycles. The van der Waals surface area contributed by atoms with Crippen LogP contribution < -0.4 is 0 Å². The van der Waals surface area contributed by atoms with E-state index in [9.17, 15) is 0 Å². The van der Waals surface area contributed by atoms with Crippen molar-refractivity contribution in [1.82, 2.24) is 0 Å². The molecule has 0 heteroatoms. The normalized spacial score (nSPS) is 35.4. The Morgan fingerprint density at radius 3 is 2.25 bits per heavy atom. The third kappa shape index (κ3) is 2.24. The number of allylic oxidation sites excluding steroid dienone is 6. The zero-order valence-electron chi connectivity index (χ0n) is 12.6. The van der Waals surface area contributed by atoms with Crippen molar-refractivity contribution in [3.05, 3.63) is 49.6 Å². The molecule has 1 fully saturated rings. The molecule has 3 aliphatic rings. The van der Waals surface area contributed by atoms with Gasteiger partial charge in [0.2, 0.25) is 0 Å². The molecule has 4 unspecified atom stereocenters. The average molecular weight is 268 g/mol. The highest BCUT2D eigenvalue weighted by molar-refractivity contribution is 5.28. The molecule has 3 aliphatic carbocycles. The lowest BCUT2D eigenvalue weighted by atomic mass is 9.65. The standard InChI is InChI=1S/C20H28/c1-3-5-7-12-20(13-8-6-4-2)14-11-18-16-9-10-17(15-16)19(18)20/h3-4,9-11,14,16-19H,1-2,5-8,12-13,15H2. The van der Waals surface area contributed by atoms with E-state index >= 15 is 0 Å². The highest BCUT2D eigenvalue weighted by atomic mass is 14.6. The molecule has 1 saturated carbocycles. The first-order valence-corrected chi connectivity index (χ1v) is 8.40. The molecule has 0 aromatic rings. The van der Waals surface area contributed by atoms with Gasteiger partial charge in [0.25, 0.3) is 0 Å². The maximum atomic E-state index is 3.89. The molecule has 0 nitrogen and oxygen atoms in total. The van der Waals surface area contributed by atoms with Gasteiger partial charge in [0, 0.05) is 0 Å². The molecule has 0 amide bonds. The zero-order chi connectivity index (χ0) is 14.0. The molecule has 0 radical (unpaired) electrons. The lowest BCUT2D eigenvalue weighted by Crippen LogP contribution is -2.32. The van der Waals surface area contributed by atoms with Crippen LogP contribution in [-0.4, -0.2) is 0 Å². The lowest BCUT2D eigenvalue weighted by molar-refractivity contribution is 0.150.